The van der Waals surface area contributed by atoms with Crippen molar-refractivity contribution in [3.63, 3.8) is 0 Å². The van der Waals surface area contributed by atoms with Crippen molar-refractivity contribution in [3.05, 3.63) is 42.0 Å². The van der Waals surface area contributed by atoms with Gasteiger partial charge in [0, 0.05) is 5.39 Å². The molecule has 0 bridgehead atoms. The highest BCUT2D eigenvalue weighted by molar-refractivity contribution is 6.19. The SMILES string of the molecule is FC(F)COc1ccc2ccccc2c1C#CCCl. The van der Waals surface area contributed by atoms with Crippen molar-refractivity contribution in [1.29, 1.82) is 0 Å². The third-order valence-corrected chi connectivity index (χ3v) is 2.67. The van der Waals surface area contributed by atoms with Crippen molar-refractivity contribution in [3.8, 4) is 17.6 Å². The lowest BCUT2D eigenvalue weighted by Gasteiger charge is -2.10. The number of hydrogen-bond acceptors (Lipinski definition) is 1. The van der Waals surface area contributed by atoms with E-state index in [0.717, 1.165) is 10.8 Å². The van der Waals surface area contributed by atoms with Crippen LogP contribution in [0.4, 0.5) is 8.78 Å². The Hall–Kier alpha value is -1.79. The molecule has 2 aromatic carbocycles. The zero-order chi connectivity index (χ0) is 13.7. The van der Waals surface area contributed by atoms with Gasteiger partial charge in [0.15, 0.2) is 0 Å². The maximum atomic E-state index is 12.2. The third kappa shape index (κ3) is 3.36. The van der Waals surface area contributed by atoms with Gasteiger partial charge in [-0.25, -0.2) is 8.78 Å². The number of halogens is 3. The Morgan fingerprint density at radius 3 is 2.68 bits per heavy atom. The third-order valence-electron chi connectivity index (χ3n) is 2.54. The minimum atomic E-state index is -2.51. The molecule has 0 aromatic heterocycles. The molecule has 1 nitrogen and oxygen atoms in total. The van der Waals surface area contributed by atoms with E-state index in [1.165, 1.54) is 0 Å². The van der Waals surface area contributed by atoms with Crippen LogP contribution in [0.5, 0.6) is 5.75 Å². The van der Waals surface area contributed by atoms with Gasteiger partial charge in [0.2, 0.25) is 0 Å². The predicted molar refractivity (Wildman–Crippen MR) is 73.0 cm³/mol. The van der Waals surface area contributed by atoms with Crippen LogP contribution >= 0.6 is 11.6 Å². The topological polar surface area (TPSA) is 9.23 Å². The molecule has 0 unspecified atom stereocenters. The molecule has 0 amide bonds. The van der Waals surface area contributed by atoms with E-state index in [2.05, 4.69) is 11.8 Å². The highest BCUT2D eigenvalue weighted by atomic mass is 35.5. The Morgan fingerprint density at radius 1 is 1.16 bits per heavy atom. The van der Waals surface area contributed by atoms with Crippen LogP contribution in [0.2, 0.25) is 0 Å². The first-order valence-corrected chi connectivity index (χ1v) is 6.23. The summed E-state index contributed by atoms with van der Waals surface area (Å²) in [7, 11) is 0. The molecule has 0 saturated carbocycles. The van der Waals surface area contributed by atoms with E-state index in [1.54, 1.807) is 6.07 Å². The molecular weight excluding hydrogens is 270 g/mol. The molecule has 0 N–H and O–H groups in total. The van der Waals surface area contributed by atoms with Crippen LogP contribution < -0.4 is 4.74 Å². The predicted octanol–water partition coefficient (Wildman–Crippen LogP) is 4.07. The summed E-state index contributed by atoms with van der Waals surface area (Å²) in [5.41, 5.74) is 0.597. The summed E-state index contributed by atoms with van der Waals surface area (Å²) in [6.07, 6.45) is -2.51. The second-order valence-electron chi connectivity index (χ2n) is 3.80. The van der Waals surface area contributed by atoms with Gasteiger partial charge in [-0.2, -0.15) is 0 Å². The highest BCUT2D eigenvalue weighted by Crippen LogP contribution is 2.27. The molecular formula is C15H11ClF2O. The fourth-order valence-electron chi connectivity index (χ4n) is 1.78. The Morgan fingerprint density at radius 2 is 1.95 bits per heavy atom. The van der Waals surface area contributed by atoms with Gasteiger partial charge in [0.25, 0.3) is 6.43 Å². The van der Waals surface area contributed by atoms with Gasteiger partial charge < -0.3 is 4.74 Å². The Kier molecular flexibility index (Phi) is 4.59. The number of rotatable bonds is 3. The fraction of sp³-hybridized carbons (Fsp3) is 0.200. The normalized spacial score (nSPS) is 10.3. The zero-order valence-corrected chi connectivity index (χ0v) is 10.8. The van der Waals surface area contributed by atoms with E-state index in [0.29, 0.717) is 11.3 Å². The molecule has 0 aliphatic carbocycles. The second kappa shape index (κ2) is 6.40. The molecule has 0 radical (unpaired) electrons. The number of ether oxygens (including phenoxy) is 1. The number of benzene rings is 2. The molecule has 0 atom stereocenters. The molecule has 98 valence electrons. The first kappa shape index (κ1) is 13.6. The smallest absolute Gasteiger partial charge is 0.272 e. The first-order chi connectivity index (χ1) is 9.22. The summed E-state index contributed by atoms with van der Waals surface area (Å²) in [5, 5.41) is 1.85. The summed E-state index contributed by atoms with van der Waals surface area (Å²) in [6.45, 7) is -0.645. The van der Waals surface area contributed by atoms with Crippen LogP contribution in [0.15, 0.2) is 36.4 Å². The van der Waals surface area contributed by atoms with Crippen molar-refractivity contribution in [2.75, 3.05) is 12.5 Å². The highest BCUT2D eigenvalue weighted by Gasteiger charge is 2.09. The second-order valence-corrected chi connectivity index (χ2v) is 4.06. The number of hydrogen-bond donors (Lipinski definition) is 0. The molecule has 2 rings (SSSR count). The van der Waals surface area contributed by atoms with E-state index >= 15 is 0 Å². The monoisotopic (exact) mass is 280 g/mol. The van der Waals surface area contributed by atoms with Crippen LogP contribution in [-0.4, -0.2) is 18.9 Å². The summed E-state index contributed by atoms with van der Waals surface area (Å²) in [6, 6.07) is 11.1. The van der Waals surface area contributed by atoms with E-state index in [-0.39, 0.29) is 5.88 Å². The van der Waals surface area contributed by atoms with Crippen LogP contribution in [-0.2, 0) is 0 Å². The van der Waals surface area contributed by atoms with Crippen molar-refractivity contribution >= 4 is 22.4 Å². The van der Waals surface area contributed by atoms with Crippen LogP contribution in [0.3, 0.4) is 0 Å². The van der Waals surface area contributed by atoms with Crippen LogP contribution in [0.1, 0.15) is 5.56 Å². The van der Waals surface area contributed by atoms with Crippen molar-refractivity contribution in [2.24, 2.45) is 0 Å². The maximum absolute atomic E-state index is 12.2. The van der Waals surface area contributed by atoms with Crippen LogP contribution in [0, 0.1) is 11.8 Å². The molecule has 0 aliphatic heterocycles. The quantitative estimate of drug-likeness (QED) is 0.608. The first-order valence-electron chi connectivity index (χ1n) is 5.70. The molecule has 4 heteroatoms. The Bertz CT molecular complexity index is 629. The summed E-state index contributed by atoms with van der Waals surface area (Å²) >= 11 is 5.55. The average molecular weight is 281 g/mol. The number of alkyl halides is 3. The molecule has 0 spiro atoms. The lowest BCUT2D eigenvalue weighted by Crippen LogP contribution is -2.08. The van der Waals surface area contributed by atoms with Gasteiger partial charge in [-0.1, -0.05) is 42.2 Å². The lowest BCUT2D eigenvalue weighted by molar-refractivity contribution is 0.0818. The van der Waals surface area contributed by atoms with Gasteiger partial charge in [0.05, 0.1) is 11.4 Å². The molecule has 19 heavy (non-hydrogen) atoms. The van der Waals surface area contributed by atoms with E-state index in [4.69, 9.17) is 16.3 Å². The van der Waals surface area contributed by atoms with Crippen molar-refractivity contribution in [2.45, 2.75) is 6.43 Å². The van der Waals surface area contributed by atoms with Gasteiger partial charge >= 0.3 is 0 Å². The summed E-state index contributed by atoms with van der Waals surface area (Å²) in [5.74, 6) is 6.15. The van der Waals surface area contributed by atoms with E-state index in [1.807, 2.05) is 30.3 Å². The van der Waals surface area contributed by atoms with Crippen LogP contribution in [0.25, 0.3) is 10.8 Å². The molecule has 0 aliphatic rings. The Balaban J connectivity index is 2.50. The van der Waals surface area contributed by atoms with E-state index in [9.17, 15) is 8.78 Å². The average Bonchev–Trinajstić information content (AvgIpc) is 2.43. The molecule has 0 fully saturated rings. The zero-order valence-electron chi connectivity index (χ0n) is 10.00. The summed E-state index contributed by atoms with van der Waals surface area (Å²) < 4.78 is 29.6. The minimum Gasteiger partial charge on any atom is -0.486 e. The van der Waals surface area contributed by atoms with E-state index < -0.39 is 13.0 Å². The van der Waals surface area contributed by atoms with Crippen molar-refractivity contribution in [1.82, 2.24) is 0 Å². The molecule has 0 saturated heterocycles. The van der Waals surface area contributed by atoms with Gasteiger partial charge in [-0.15, -0.1) is 11.6 Å². The molecule has 2 aromatic rings. The molecule has 0 heterocycles. The Labute approximate surface area is 115 Å². The lowest BCUT2D eigenvalue weighted by atomic mass is 10.0. The van der Waals surface area contributed by atoms with Crippen molar-refractivity contribution < 1.29 is 13.5 Å². The fourth-order valence-corrected chi connectivity index (χ4v) is 1.84. The van der Waals surface area contributed by atoms with Gasteiger partial charge in [-0.05, 0) is 11.5 Å². The van der Waals surface area contributed by atoms with Gasteiger partial charge in [-0.3, -0.25) is 0 Å². The standard InChI is InChI=1S/C15H11ClF2O/c16-9-3-6-13-12-5-2-1-4-11(12)7-8-14(13)19-10-15(17)18/h1-2,4-5,7-8,15H,9-10H2. The number of fused-ring (bicyclic) bond motifs is 1. The largest absolute Gasteiger partial charge is 0.486 e. The summed E-state index contributed by atoms with van der Waals surface area (Å²) in [4.78, 5) is 0. The minimum absolute atomic E-state index is 0.178. The van der Waals surface area contributed by atoms with Gasteiger partial charge in [0.1, 0.15) is 12.4 Å². The maximum Gasteiger partial charge on any atom is 0.272 e.